The zero-order chi connectivity index (χ0) is 16.9. The van der Waals surface area contributed by atoms with E-state index in [2.05, 4.69) is 13.8 Å². The summed E-state index contributed by atoms with van der Waals surface area (Å²) in [6.45, 7) is 10.9. The molecule has 2 amide bonds. The molecule has 0 radical (unpaired) electrons. The maximum Gasteiger partial charge on any atom is 0.407 e. The van der Waals surface area contributed by atoms with Crippen LogP contribution in [0.2, 0.25) is 0 Å². The van der Waals surface area contributed by atoms with E-state index in [4.69, 9.17) is 5.73 Å². The van der Waals surface area contributed by atoms with Crippen molar-refractivity contribution in [2.24, 2.45) is 17.1 Å². The number of hydrogen-bond donors (Lipinski definition) is 2. The molecule has 2 aliphatic heterocycles. The first-order chi connectivity index (χ1) is 9.98. The molecule has 0 spiro atoms. The molecule has 0 unspecified atom stereocenters. The summed E-state index contributed by atoms with van der Waals surface area (Å²) < 4.78 is 0. The second kappa shape index (κ2) is 5.41. The maximum absolute atomic E-state index is 12.7. The Morgan fingerprint density at radius 1 is 1.36 bits per heavy atom. The molecule has 0 aromatic rings. The van der Waals surface area contributed by atoms with Crippen LogP contribution in [-0.4, -0.2) is 57.6 Å². The molecule has 0 aromatic carbocycles. The summed E-state index contributed by atoms with van der Waals surface area (Å²) in [6, 6.07) is -0.586. The highest BCUT2D eigenvalue weighted by Crippen LogP contribution is 2.44. The van der Waals surface area contributed by atoms with Gasteiger partial charge in [0.2, 0.25) is 5.91 Å². The van der Waals surface area contributed by atoms with Gasteiger partial charge in [0, 0.05) is 13.1 Å². The average Bonchev–Trinajstić information content (AvgIpc) is 2.88. The zero-order valence-electron chi connectivity index (χ0n) is 14.3. The zero-order valence-corrected chi connectivity index (χ0v) is 14.3. The lowest BCUT2D eigenvalue weighted by molar-refractivity contribution is -0.138. The number of piperazine rings is 1. The van der Waals surface area contributed by atoms with E-state index < -0.39 is 17.7 Å². The van der Waals surface area contributed by atoms with Gasteiger partial charge in [-0.25, -0.2) is 4.79 Å². The number of likely N-dealkylation sites (tertiary alicyclic amines) is 2. The maximum atomic E-state index is 12.7. The lowest BCUT2D eigenvalue weighted by Crippen LogP contribution is -2.60. The Hall–Kier alpha value is -1.30. The third kappa shape index (κ3) is 2.81. The van der Waals surface area contributed by atoms with E-state index in [9.17, 15) is 14.7 Å². The summed E-state index contributed by atoms with van der Waals surface area (Å²) in [5.41, 5.74) is 5.40. The molecule has 2 fully saturated rings. The summed E-state index contributed by atoms with van der Waals surface area (Å²) >= 11 is 0. The second-order valence-corrected chi connectivity index (χ2v) is 8.38. The molecule has 126 valence electrons. The number of rotatable bonds is 3. The van der Waals surface area contributed by atoms with Crippen molar-refractivity contribution in [2.75, 3.05) is 13.1 Å². The normalized spacial score (nSPS) is 29.3. The minimum Gasteiger partial charge on any atom is -0.465 e. The van der Waals surface area contributed by atoms with Crippen LogP contribution in [0, 0.1) is 11.3 Å². The van der Waals surface area contributed by atoms with Crippen LogP contribution in [-0.2, 0) is 4.79 Å². The summed E-state index contributed by atoms with van der Waals surface area (Å²) in [5.74, 6) is 0.333. The van der Waals surface area contributed by atoms with Gasteiger partial charge in [-0.3, -0.25) is 9.69 Å². The Bertz CT molecular complexity index is 472. The first-order valence-corrected chi connectivity index (χ1v) is 8.04. The number of carbonyl (C=O) groups excluding carboxylic acids is 1. The molecule has 2 rings (SSSR count). The van der Waals surface area contributed by atoms with Gasteiger partial charge in [-0.05, 0) is 24.2 Å². The first-order valence-electron chi connectivity index (χ1n) is 8.04. The standard InChI is InChI=1S/C16H29N3O3/c1-10(2)6-16-7-11(8-19(16)14(21)22)18(9-16)13(20)12(17)15(3,4)5/h10-12H,6-9,17H2,1-5H3,(H,21,22)/t11-,12+,16-/m0/s1. The first kappa shape index (κ1) is 17.1. The number of hydrogen-bond acceptors (Lipinski definition) is 3. The van der Waals surface area contributed by atoms with E-state index in [0.29, 0.717) is 19.0 Å². The molecule has 2 aliphatic rings. The van der Waals surface area contributed by atoms with Crippen molar-refractivity contribution >= 4 is 12.0 Å². The third-order valence-corrected chi connectivity index (χ3v) is 4.99. The smallest absolute Gasteiger partial charge is 0.407 e. The molecule has 3 N–H and O–H groups in total. The highest BCUT2D eigenvalue weighted by Gasteiger charge is 2.58. The van der Waals surface area contributed by atoms with Gasteiger partial charge < -0.3 is 15.7 Å². The quantitative estimate of drug-likeness (QED) is 0.831. The number of nitrogens with zero attached hydrogens (tertiary/aromatic N) is 2. The molecule has 2 bridgehead atoms. The van der Waals surface area contributed by atoms with Crippen LogP contribution in [0.15, 0.2) is 0 Å². The Labute approximate surface area is 132 Å². The van der Waals surface area contributed by atoms with Gasteiger partial charge in [0.1, 0.15) is 0 Å². The van der Waals surface area contributed by atoms with Crippen molar-refractivity contribution in [1.82, 2.24) is 9.80 Å². The Balaban J connectivity index is 2.21. The van der Waals surface area contributed by atoms with Crippen molar-refractivity contribution in [3.63, 3.8) is 0 Å². The van der Waals surface area contributed by atoms with Crippen LogP contribution in [0.25, 0.3) is 0 Å². The van der Waals surface area contributed by atoms with Gasteiger partial charge >= 0.3 is 6.09 Å². The van der Waals surface area contributed by atoms with Crippen molar-refractivity contribution in [3.05, 3.63) is 0 Å². The molecule has 2 saturated heterocycles. The van der Waals surface area contributed by atoms with Crippen LogP contribution in [0.4, 0.5) is 4.79 Å². The van der Waals surface area contributed by atoms with Crippen LogP contribution in [0.5, 0.6) is 0 Å². The van der Waals surface area contributed by atoms with E-state index in [0.717, 1.165) is 12.8 Å². The van der Waals surface area contributed by atoms with E-state index in [1.807, 2.05) is 25.7 Å². The third-order valence-electron chi connectivity index (χ3n) is 4.99. The van der Waals surface area contributed by atoms with Gasteiger partial charge in [-0.1, -0.05) is 34.6 Å². The fourth-order valence-electron chi connectivity index (χ4n) is 3.93. The topological polar surface area (TPSA) is 86.9 Å². The number of carbonyl (C=O) groups is 2. The van der Waals surface area contributed by atoms with Crippen LogP contribution >= 0.6 is 0 Å². The highest BCUT2D eigenvalue weighted by atomic mass is 16.4. The summed E-state index contributed by atoms with van der Waals surface area (Å²) in [4.78, 5) is 27.6. The molecule has 0 aliphatic carbocycles. The van der Waals surface area contributed by atoms with E-state index in [1.54, 1.807) is 4.90 Å². The number of amides is 2. The number of nitrogens with two attached hydrogens (primary N) is 1. The summed E-state index contributed by atoms with van der Waals surface area (Å²) in [6.07, 6.45) is 0.639. The summed E-state index contributed by atoms with van der Waals surface area (Å²) in [7, 11) is 0. The predicted octanol–water partition coefficient (Wildman–Crippen LogP) is 1.74. The lowest BCUT2D eigenvalue weighted by atomic mass is 9.86. The van der Waals surface area contributed by atoms with Crippen LogP contribution < -0.4 is 5.73 Å². The number of carboxylic acid groups (broad SMARTS) is 1. The Kier molecular flexibility index (Phi) is 4.19. The fourth-order valence-corrected chi connectivity index (χ4v) is 3.93. The van der Waals surface area contributed by atoms with Crippen molar-refractivity contribution in [3.8, 4) is 0 Å². The Morgan fingerprint density at radius 2 is 1.95 bits per heavy atom. The predicted molar refractivity (Wildman–Crippen MR) is 84.5 cm³/mol. The van der Waals surface area contributed by atoms with Crippen LogP contribution in [0.3, 0.4) is 0 Å². The molecular weight excluding hydrogens is 282 g/mol. The van der Waals surface area contributed by atoms with Crippen molar-refractivity contribution in [2.45, 2.75) is 65.1 Å². The van der Waals surface area contributed by atoms with Gasteiger partial charge in [0.15, 0.2) is 0 Å². The molecule has 0 saturated carbocycles. The minimum atomic E-state index is -0.879. The number of fused-ring (bicyclic) bond motifs is 2. The van der Waals surface area contributed by atoms with Gasteiger partial charge in [0.05, 0.1) is 17.6 Å². The Morgan fingerprint density at radius 3 is 2.41 bits per heavy atom. The minimum absolute atomic E-state index is 0.0317. The average molecular weight is 311 g/mol. The molecule has 6 heteroatoms. The molecule has 6 nitrogen and oxygen atoms in total. The van der Waals surface area contributed by atoms with Gasteiger partial charge in [-0.2, -0.15) is 0 Å². The van der Waals surface area contributed by atoms with Crippen molar-refractivity contribution < 1.29 is 14.7 Å². The van der Waals surface area contributed by atoms with Crippen molar-refractivity contribution in [1.29, 1.82) is 0 Å². The van der Waals surface area contributed by atoms with E-state index in [-0.39, 0.29) is 17.4 Å². The lowest BCUT2D eigenvalue weighted by Gasteiger charge is -2.43. The van der Waals surface area contributed by atoms with Crippen LogP contribution in [0.1, 0.15) is 47.5 Å². The summed E-state index contributed by atoms with van der Waals surface area (Å²) in [5, 5.41) is 9.47. The van der Waals surface area contributed by atoms with E-state index in [1.165, 1.54) is 0 Å². The fraction of sp³-hybridized carbons (Fsp3) is 0.875. The van der Waals surface area contributed by atoms with Gasteiger partial charge in [0.25, 0.3) is 0 Å². The van der Waals surface area contributed by atoms with E-state index >= 15 is 0 Å². The largest absolute Gasteiger partial charge is 0.465 e. The second-order valence-electron chi connectivity index (χ2n) is 8.38. The molecule has 3 atom stereocenters. The molecule has 22 heavy (non-hydrogen) atoms. The SMILES string of the molecule is CC(C)C[C@@]12C[C@@H](CN1C(=O)O)N(C(=O)[C@@H](N)C(C)(C)C)C2. The van der Waals surface area contributed by atoms with Gasteiger partial charge in [-0.15, -0.1) is 0 Å². The molecule has 2 heterocycles. The highest BCUT2D eigenvalue weighted by molar-refractivity contribution is 5.84. The monoisotopic (exact) mass is 311 g/mol. The molecule has 0 aromatic heterocycles. The molecular formula is C16H29N3O3.